The molecule has 0 saturated heterocycles. The minimum absolute atomic E-state index is 0.139. The van der Waals surface area contributed by atoms with Crippen molar-refractivity contribution in [3.63, 3.8) is 0 Å². The van der Waals surface area contributed by atoms with Gasteiger partial charge >= 0.3 is 0 Å². The van der Waals surface area contributed by atoms with Gasteiger partial charge in [-0.2, -0.15) is 4.98 Å². The number of anilines is 2. The fourth-order valence-electron chi connectivity index (χ4n) is 3.58. The van der Waals surface area contributed by atoms with Crippen LogP contribution in [0, 0.1) is 0 Å². The summed E-state index contributed by atoms with van der Waals surface area (Å²) in [5.74, 6) is 2.62. The van der Waals surface area contributed by atoms with E-state index >= 15 is 0 Å². The van der Waals surface area contributed by atoms with Crippen molar-refractivity contribution in [3.8, 4) is 33.9 Å². The maximum Gasteiger partial charge on any atom is 0.222 e. The van der Waals surface area contributed by atoms with Crippen LogP contribution in [0.15, 0.2) is 77.9 Å². The molecule has 3 heterocycles. The fraction of sp³-hybridized carbons (Fsp3) is 0.0833. The number of aliphatic imine (C=N–C) groups is 1. The molecule has 5 rings (SSSR count). The Labute approximate surface area is 185 Å². The van der Waals surface area contributed by atoms with Crippen LogP contribution in [0.2, 0.25) is 0 Å². The standard InChI is InChI=1S/C24H21N7O/c25-22-20(21(30-24(26)31-22)16-4-2-1-3-5-16)15-6-8-17(9-7-15)32-18-10-11-27-19(14-18)23-28-12-13-29-23/h1-11,14H,12-13H2,(H,28,29)(H4,25,26,30,31). The summed E-state index contributed by atoms with van der Waals surface area (Å²) in [6.45, 7) is 1.58. The molecular formula is C24H21N7O. The lowest BCUT2D eigenvalue weighted by Gasteiger charge is -2.13. The number of aromatic nitrogens is 3. The number of rotatable bonds is 5. The van der Waals surface area contributed by atoms with Crippen LogP contribution in [-0.2, 0) is 0 Å². The topological polar surface area (TPSA) is 124 Å². The van der Waals surface area contributed by atoms with Crippen molar-refractivity contribution in [2.45, 2.75) is 0 Å². The van der Waals surface area contributed by atoms with Gasteiger partial charge in [-0.3, -0.25) is 9.98 Å². The Morgan fingerprint density at radius 1 is 0.844 bits per heavy atom. The van der Waals surface area contributed by atoms with Crippen LogP contribution in [0.5, 0.6) is 11.5 Å². The van der Waals surface area contributed by atoms with Gasteiger partial charge in [-0.25, -0.2) is 4.98 Å². The molecule has 0 spiro atoms. The number of ether oxygens (including phenoxy) is 1. The van der Waals surface area contributed by atoms with E-state index in [-0.39, 0.29) is 5.95 Å². The van der Waals surface area contributed by atoms with E-state index in [1.54, 1.807) is 6.20 Å². The van der Waals surface area contributed by atoms with Gasteiger partial charge in [0.2, 0.25) is 5.95 Å². The number of nitrogens with two attached hydrogens (primary N) is 2. The smallest absolute Gasteiger partial charge is 0.222 e. The number of benzene rings is 2. The highest BCUT2D eigenvalue weighted by Gasteiger charge is 2.16. The average molecular weight is 423 g/mol. The third-order valence-corrected chi connectivity index (χ3v) is 5.03. The first kappa shape index (κ1) is 19.5. The molecule has 158 valence electrons. The Balaban J connectivity index is 1.44. The second-order valence-electron chi connectivity index (χ2n) is 7.22. The van der Waals surface area contributed by atoms with Crippen LogP contribution in [0.25, 0.3) is 22.4 Å². The van der Waals surface area contributed by atoms with E-state index in [0.29, 0.717) is 23.0 Å². The summed E-state index contributed by atoms with van der Waals surface area (Å²) in [6, 6.07) is 21.1. The molecule has 0 aliphatic carbocycles. The molecule has 2 aromatic carbocycles. The van der Waals surface area contributed by atoms with E-state index in [1.807, 2.05) is 66.7 Å². The first-order chi connectivity index (χ1) is 15.7. The van der Waals surface area contributed by atoms with Crippen molar-refractivity contribution in [3.05, 3.63) is 78.6 Å². The fourth-order valence-corrected chi connectivity index (χ4v) is 3.58. The molecule has 1 aliphatic heterocycles. The summed E-state index contributed by atoms with van der Waals surface area (Å²) < 4.78 is 6.03. The van der Waals surface area contributed by atoms with Gasteiger partial charge in [0.05, 0.1) is 17.8 Å². The molecule has 5 N–H and O–H groups in total. The molecule has 1 aliphatic rings. The van der Waals surface area contributed by atoms with Gasteiger partial charge in [-0.05, 0) is 23.8 Å². The molecule has 0 radical (unpaired) electrons. The van der Waals surface area contributed by atoms with E-state index in [1.165, 1.54) is 0 Å². The van der Waals surface area contributed by atoms with E-state index in [4.69, 9.17) is 16.2 Å². The minimum Gasteiger partial charge on any atom is -0.457 e. The Morgan fingerprint density at radius 2 is 1.66 bits per heavy atom. The van der Waals surface area contributed by atoms with Crippen molar-refractivity contribution in [1.29, 1.82) is 0 Å². The van der Waals surface area contributed by atoms with Gasteiger partial charge < -0.3 is 21.5 Å². The second kappa shape index (κ2) is 8.35. The lowest BCUT2D eigenvalue weighted by molar-refractivity contribution is 0.482. The zero-order chi connectivity index (χ0) is 21.9. The third-order valence-electron chi connectivity index (χ3n) is 5.03. The molecule has 0 saturated carbocycles. The molecule has 0 fully saturated rings. The van der Waals surface area contributed by atoms with Crippen LogP contribution >= 0.6 is 0 Å². The molecule has 0 bridgehead atoms. The highest BCUT2D eigenvalue weighted by Crippen LogP contribution is 2.36. The molecule has 2 aromatic heterocycles. The summed E-state index contributed by atoms with van der Waals surface area (Å²) in [6.07, 6.45) is 1.71. The number of pyridine rings is 1. The maximum atomic E-state index is 6.24. The lowest BCUT2D eigenvalue weighted by Crippen LogP contribution is -2.20. The maximum absolute atomic E-state index is 6.24. The van der Waals surface area contributed by atoms with Gasteiger partial charge in [-0.15, -0.1) is 0 Å². The normalized spacial score (nSPS) is 12.8. The third kappa shape index (κ3) is 3.93. The zero-order valence-electron chi connectivity index (χ0n) is 17.2. The molecule has 8 nitrogen and oxygen atoms in total. The largest absolute Gasteiger partial charge is 0.457 e. The number of nitrogens with one attached hydrogen (secondary N) is 1. The summed E-state index contributed by atoms with van der Waals surface area (Å²) in [5.41, 5.74) is 16.1. The van der Waals surface area contributed by atoms with E-state index in [2.05, 4.69) is 25.3 Å². The van der Waals surface area contributed by atoms with Crippen LogP contribution in [0.1, 0.15) is 5.69 Å². The molecular weight excluding hydrogens is 402 g/mol. The number of nitrogens with zero attached hydrogens (tertiary/aromatic N) is 4. The van der Waals surface area contributed by atoms with Crippen molar-refractivity contribution in [1.82, 2.24) is 20.3 Å². The van der Waals surface area contributed by atoms with Crippen LogP contribution < -0.4 is 21.5 Å². The summed E-state index contributed by atoms with van der Waals surface area (Å²) >= 11 is 0. The van der Waals surface area contributed by atoms with Gasteiger partial charge in [0.1, 0.15) is 28.8 Å². The Hall–Kier alpha value is -4.46. The van der Waals surface area contributed by atoms with Gasteiger partial charge in [0.25, 0.3) is 0 Å². The minimum atomic E-state index is 0.139. The van der Waals surface area contributed by atoms with Crippen LogP contribution in [0.3, 0.4) is 0 Å². The van der Waals surface area contributed by atoms with Crippen molar-refractivity contribution >= 4 is 17.6 Å². The molecule has 0 unspecified atom stereocenters. The van der Waals surface area contributed by atoms with Crippen molar-refractivity contribution < 1.29 is 4.74 Å². The first-order valence-corrected chi connectivity index (χ1v) is 10.2. The van der Waals surface area contributed by atoms with Crippen molar-refractivity contribution in [2.75, 3.05) is 24.6 Å². The van der Waals surface area contributed by atoms with E-state index in [0.717, 1.165) is 41.3 Å². The van der Waals surface area contributed by atoms with E-state index < -0.39 is 0 Å². The molecule has 4 aromatic rings. The Bertz CT molecular complexity index is 1290. The summed E-state index contributed by atoms with van der Waals surface area (Å²) in [5, 5.41) is 3.22. The SMILES string of the molecule is Nc1nc(N)c(-c2ccc(Oc3ccnc(C4=NCCN4)c3)cc2)c(-c2ccccc2)n1. The quantitative estimate of drug-likeness (QED) is 0.449. The van der Waals surface area contributed by atoms with Gasteiger partial charge in [0.15, 0.2) is 0 Å². The monoisotopic (exact) mass is 423 g/mol. The van der Waals surface area contributed by atoms with Gasteiger partial charge in [-0.1, -0.05) is 42.5 Å². The number of nitrogen functional groups attached to an aromatic ring is 2. The van der Waals surface area contributed by atoms with E-state index in [9.17, 15) is 0 Å². The first-order valence-electron chi connectivity index (χ1n) is 10.2. The Kier molecular flexibility index (Phi) is 5.09. The molecule has 0 atom stereocenters. The highest BCUT2D eigenvalue weighted by molar-refractivity contribution is 5.98. The predicted octanol–water partition coefficient (Wildman–Crippen LogP) is 3.51. The van der Waals surface area contributed by atoms with Crippen LogP contribution in [-0.4, -0.2) is 33.9 Å². The summed E-state index contributed by atoms with van der Waals surface area (Å²) in [7, 11) is 0. The Morgan fingerprint density at radius 3 is 2.41 bits per heavy atom. The molecule has 8 heteroatoms. The molecule has 32 heavy (non-hydrogen) atoms. The number of hydrogen-bond donors (Lipinski definition) is 3. The number of amidine groups is 1. The average Bonchev–Trinajstić information content (AvgIpc) is 3.35. The molecule has 0 amide bonds. The number of hydrogen-bond acceptors (Lipinski definition) is 8. The van der Waals surface area contributed by atoms with Gasteiger partial charge in [0, 0.05) is 24.4 Å². The lowest BCUT2D eigenvalue weighted by atomic mass is 9.99. The zero-order valence-corrected chi connectivity index (χ0v) is 17.2. The van der Waals surface area contributed by atoms with Crippen LogP contribution in [0.4, 0.5) is 11.8 Å². The van der Waals surface area contributed by atoms with Crippen molar-refractivity contribution in [2.24, 2.45) is 4.99 Å². The summed E-state index contributed by atoms with van der Waals surface area (Å²) in [4.78, 5) is 17.4. The second-order valence-corrected chi connectivity index (χ2v) is 7.22. The predicted molar refractivity (Wildman–Crippen MR) is 125 cm³/mol. The highest BCUT2D eigenvalue weighted by atomic mass is 16.5.